The standard InChI is InChI=1S/C13H13NO2/c1-8-4-5-9(2)11(6-8)10(3)12(7-14)13(15)16/h4-6H,1-3H3,(H,15,16)/b12-10+. The first kappa shape index (κ1) is 12.0. The number of benzene rings is 1. The molecule has 0 heterocycles. The number of carboxylic acids is 1. The topological polar surface area (TPSA) is 61.1 Å². The summed E-state index contributed by atoms with van der Waals surface area (Å²) in [4.78, 5) is 10.9. The van der Waals surface area contributed by atoms with E-state index in [4.69, 9.17) is 10.4 Å². The maximum absolute atomic E-state index is 10.9. The third kappa shape index (κ3) is 2.29. The normalized spacial score (nSPS) is 11.6. The Balaban J connectivity index is 3.44. The minimum atomic E-state index is -1.18. The van der Waals surface area contributed by atoms with Crippen LogP contribution in [-0.4, -0.2) is 11.1 Å². The highest BCUT2D eigenvalue weighted by Gasteiger charge is 2.13. The minimum Gasteiger partial charge on any atom is -0.477 e. The molecule has 3 heteroatoms. The van der Waals surface area contributed by atoms with Crippen LogP contribution in [0.15, 0.2) is 23.8 Å². The number of hydrogen-bond acceptors (Lipinski definition) is 2. The quantitative estimate of drug-likeness (QED) is 0.609. The smallest absolute Gasteiger partial charge is 0.346 e. The van der Waals surface area contributed by atoms with E-state index < -0.39 is 5.97 Å². The minimum absolute atomic E-state index is 0.200. The molecule has 3 nitrogen and oxygen atoms in total. The van der Waals surface area contributed by atoms with E-state index in [-0.39, 0.29) is 5.57 Å². The third-order valence-electron chi connectivity index (χ3n) is 2.50. The van der Waals surface area contributed by atoms with Gasteiger partial charge in [-0.1, -0.05) is 23.8 Å². The number of carboxylic acid groups (broad SMARTS) is 1. The lowest BCUT2D eigenvalue weighted by atomic mass is 9.96. The molecule has 1 aromatic carbocycles. The Bertz CT molecular complexity index is 507. The number of aliphatic carboxylic acids is 1. The van der Waals surface area contributed by atoms with E-state index in [1.165, 1.54) is 0 Å². The van der Waals surface area contributed by atoms with Crippen molar-refractivity contribution >= 4 is 11.5 Å². The molecule has 0 bridgehead atoms. The molecule has 0 saturated carbocycles. The fourth-order valence-electron chi connectivity index (χ4n) is 1.57. The zero-order chi connectivity index (χ0) is 12.3. The molecule has 0 atom stereocenters. The van der Waals surface area contributed by atoms with Gasteiger partial charge in [0.05, 0.1) is 0 Å². The number of nitrogens with zero attached hydrogens (tertiary/aromatic N) is 1. The van der Waals surface area contributed by atoms with E-state index in [1.54, 1.807) is 13.0 Å². The molecular weight excluding hydrogens is 202 g/mol. The van der Waals surface area contributed by atoms with Crippen LogP contribution in [0.2, 0.25) is 0 Å². The number of carbonyl (C=O) groups is 1. The van der Waals surface area contributed by atoms with E-state index in [0.717, 1.165) is 16.7 Å². The fourth-order valence-corrected chi connectivity index (χ4v) is 1.57. The molecule has 82 valence electrons. The van der Waals surface area contributed by atoms with Crippen molar-refractivity contribution in [2.45, 2.75) is 20.8 Å². The second kappa shape index (κ2) is 4.63. The first-order valence-corrected chi connectivity index (χ1v) is 4.89. The van der Waals surface area contributed by atoms with Gasteiger partial charge in [0.25, 0.3) is 0 Å². The average Bonchev–Trinajstić information content (AvgIpc) is 2.22. The van der Waals surface area contributed by atoms with Crippen molar-refractivity contribution in [1.29, 1.82) is 5.26 Å². The zero-order valence-electron chi connectivity index (χ0n) is 9.53. The van der Waals surface area contributed by atoms with E-state index in [2.05, 4.69) is 0 Å². The van der Waals surface area contributed by atoms with Gasteiger partial charge in [-0.2, -0.15) is 5.26 Å². The number of rotatable bonds is 2. The number of hydrogen-bond donors (Lipinski definition) is 1. The highest BCUT2D eigenvalue weighted by atomic mass is 16.4. The Kier molecular flexibility index (Phi) is 3.47. The Labute approximate surface area is 94.6 Å². The van der Waals surface area contributed by atoms with Gasteiger partial charge in [0.15, 0.2) is 0 Å². The largest absolute Gasteiger partial charge is 0.477 e. The molecule has 0 saturated heterocycles. The van der Waals surface area contributed by atoms with Gasteiger partial charge in [-0.15, -0.1) is 0 Å². The summed E-state index contributed by atoms with van der Waals surface area (Å²) in [7, 11) is 0. The molecule has 1 aromatic rings. The molecule has 0 unspecified atom stereocenters. The summed E-state index contributed by atoms with van der Waals surface area (Å²) in [6.07, 6.45) is 0. The molecule has 0 aliphatic rings. The monoisotopic (exact) mass is 215 g/mol. The van der Waals surface area contributed by atoms with Gasteiger partial charge in [-0.25, -0.2) is 4.79 Å². The van der Waals surface area contributed by atoms with Crippen LogP contribution in [0.4, 0.5) is 0 Å². The van der Waals surface area contributed by atoms with E-state index in [9.17, 15) is 4.79 Å². The van der Waals surface area contributed by atoms with Gasteiger partial charge in [0.1, 0.15) is 11.6 Å². The zero-order valence-corrected chi connectivity index (χ0v) is 9.53. The van der Waals surface area contributed by atoms with Crippen molar-refractivity contribution in [3.05, 3.63) is 40.5 Å². The van der Waals surface area contributed by atoms with E-state index in [1.807, 2.05) is 32.0 Å². The van der Waals surface area contributed by atoms with Crippen molar-refractivity contribution in [2.75, 3.05) is 0 Å². The predicted molar refractivity (Wildman–Crippen MR) is 61.8 cm³/mol. The highest BCUT2D eigenvalue weighted by Crippen LogP contribution is 2.22. The van der Waals surface area contributed by atoms with Gasteiger partial charge in [0, 0.05) is 0 Å². The Morgan fingerprint density at radius 2 is 2.00 bits per heavy atom. The van der Waals surface area contributed by atoms with E-state index in [0.29, 0.717) is 5.57 Å². The molecule has 0 aromatic heterocycles. The second-order valence-electron chi connectivity index (χ2n) is 3.74. The molecule has 0 amide bonds. The van der Waals surface area contributed by atoms with Crippen molar-refractivity contribution in [1.82, 2.24) is 0 Å². The van der Waals surface area contributed by atoms with Crippen molar-refractivity contribution in [3.63, 3.8) is 0 Å². The third-order valence-corrected chi connectivity index (χ3v) is 2.50. The molecule has 0 aliphatic heterocycles. The Hall–Kier alpha value is -2.08. The first-order chi connectivity index (χ1) is 7.47. The van der Waals surface area contributed by atoms with Gasteiger partial charge in [0.2, 0.25) is 0 Å². The van der Waals surface area contributed by atoms with Gasteiger partial charge in [-0.05, 0) is 37.5 Å². The first-order valence-electron chi connectivity index (χ1n) is 4.89. The molecule has 0 spiro atoms. The number of nitriles is 1. The summed E-state index contributed by atoms with van der Waals surface area (Å²) in [5.41, 5.74) is 3.14. The summed E-state index contributed by atoms with van der Waals surface area (Å²) in [6, 6.07) is 7.50. The predicted octanol–water partition coefficient (Wildman–Crippen LogP) is 2.69. The molecule has 0 aliphatic carbocycles. The van der Waals surface area contributed by atoms with Crippen LogP contribution in [0.5, 0.6) is 0 Å². The Morgan fingerprint density at radius 1 is 1.38 bits per heavy atom. The number of aryl methyl sites for hydroxylation is 2. The maximum atomic E-state index is 10.9. The molecule has 0 radical (unpaired) electrons. The molecule has 0 fully saturated rings. The lowest BCUT2D eigenvalue weighted by Crippen LogP contribution is -2.02. The maximum Gasteiger partial charge on any atom is 0.346 e. The van der Waals surface area contributed by atoms with Crippen molar-refractivity contribution < 1.29 is 9.90 Å². The summed E-state index contributed by atoms with van der Waals surface area (Å²) >= 11 is 0. The van der Waals surface area contributed by atoms with Gasteiger partial charge < -0.3 is 5.11 Å². The van der Waals surface area contributed by atoms with Crippen LogP contribution in [-0.2, 0) is 4.79 Å². The van der Waals surface area contributed by atoms with Gasteiger partial charge in [-0.3, -0.25) is 0 Å². The fraction of sp³-hybridized carbons (Fsp3) is 0.231. The summed E-state index contributed by atoms with van der Waals surface area (Å²) < 4.78 is 0. The molecule has 16 heavy (non-hydrogen) atoms. The van der Waals surface area contributed by atoms with Crippen LogP contribution in [0.25, 0.3) is 5.57 Å². The van der Waals surface area contributed by atoms with Crippen LogP contribution >= 0.6 is 0 Å². The highest BCUT2D eigenvalue weighted by molar-refractivity contribution is 6.00. The van der Waals surface area contributed by atoms with Crippen LogP contribution in [0, 0.1) is 25.2 Å². The van der Waals surface area contributed by atoms with E-state index >= 15 is 0 Å². The van der Waals surface area contributed by atoms with Crippen molar-refractivity contribution in [3.8, 4) is 6.07 Å². The SMILES string of the molecule is C/C(=C(/C#N)C(=O)O)c1cc(C)ccc1C. The Morgan fingerprint density at radius 3 is 2.50 bits per heavy atom. The lowest BCUT2D eigenvalue weighted by molar-refractivity contribution is -0.132. The van der Waals surface area contributed by atoms with Crippen molar-refractivity contribution in [2.24, 2.45) is 0 Å². The molecule has 1 rings (SSSR count). The average molecular weight is 215 g/mol. The van der Waals surface area contributed by atoms with Crippen LogP contribution in [0.3, 0.4) is 0 Å². The van der Waals surface area contributed by atoms with Gasteiger partial charge >= 0.3 is 5.97 Å². The van der Waals surface area contributed by atoms with Crippen LogP contribution in [0.1, 0.15) is 23.6 Å². The lowest BCUT2D eigenvalue weighted by Gasteiger charge is -2.08. The number of allylic oxidation sites excluding steroid dienone is 1. The molecule has 1 N–H and O–H groups in total. The second-order valence-corrected chi connectivity index (χ2v) is 3.74. The molecular formula is C13H13NO2. The van der Waals surface area contributed by atoms with Crippen LogP contribution < -0.4 is 0 Å². The summed E-state index contributed by atoms with van der Waals surface area (Å²) in [6.45, 7) is 5.49. The summed E-state index contributed by atoms with van der Waals surface area (Å²) in [5, 5.41) is 17.7. The summed E-state index contributed by atoms with van der Waals surface area (Å²) in [5.74, 6) is -1.18.